The molecule has 2 fully saturated rings. The molecule has 3 aliphatic rings. The summed E-state index contributed by atoms with van der Waals surface area (Å²) in [5, 5.41) is 0. The van der Waals surface area contributed by atoms with Crippen molar-refractivity contribution in [1.82, 2.24) is 9.80 Å². The van der Waals surface area contributed by atoms with E-state index in [1.165, 1.54) is 11.8 Å². The first-order valence-corrected chi connectivity index (χ1v) is 12.3. The number of likely N-dealkylation sites (tertiary alicyclic amines) is 1. The number of nitrogens with zero attached hydrogens (tertiary/aromatic N) is 3. The number of fused-ring (bicyclic) bond motifs is 3. The Kier molecular flexibility index (Phi) is 4.65. The Hall–Kier alpha value is -2.88. The normalized spacial score (nSPS) is 28.8. The van der Waals surface area contributed by atoms with Crippen LogP contribution in [0.3, 0.4) is 0 Å². The van der Waals surface area contributed by atoms with Crippen LogP contribution < -0.4 is 4.90 Å². The molecular weight excluding hydrogens is 470 g/mol. The third-order valence-electron chi connectivity index (χ3n) is 7.39. The molecule has 34 heavy (non-hydrogen) atoms. The van der Waals surface area contributed by atoms with Crippen molar-refractivity contribution in [3.8, 4) is 0 Å². The molecule has 3 aliphatic heterocycles. The molecule has 7 nitrogen and oxygen atoms in total. The van der Waals surface area contributed by atoms with Crippen molar-refractivity contribution in [2.24, 2.45) is 0 Å². The topological polar surface area (TPSA) is 70.1 Å². The third kappa shape index (κ3) is 2.49. The van der Waals surface area contributed by atoms with Crippen LogP contribution in [0.25, 0.3) is 0 Å². The summed E-state index contributed by atoms with van der Waals surface area (Å²) in [7, 11) is 3.69. The molecule has 2 amide bonds. The number of hydrogen-bond acceptors (Lipinski definition) is 7. The van der Waals surface area contributed by atoms with Crippen molar-refractivity contribution >= 4 is 45.8 Å². The minimum Gasteiger partial charge on any atom is -0.469 e. The Bertz CT molecular complexity index is 1320. The highest BCUT2D eigenvalue weighted by atomic mass is 32.2. The molecule has 0 bridgehead atoms. The average molecular weight is 494 g/mol. The monoisotopic (exact) mass is 493 g/mol. The maximum atomic E-state index is 14.6. The summed E-state index contributed by atoms with van der Waals surface area (Å²) in [4.78, 5) is 34.1. The molecule has 5 heterocycles. The predicted octanol–water partition coefficient (Wildman–Crippen LogP) is 3.88. The molecule has 2 saturated heterocycles. The minimum absolute atomic E-state index is 0.131. The number of thioether (sulfide) groups is 1. The van der Waals surface area contributed by atoms with Gasteiger partial charge in [-0.2, -0.15) is 0 Å². The molecule has 0 unspecified atom stereocenters. The number of benzene rings is 1. The highest BCUT2D eigenvalue weighted by molar-refractivity contribution is 8.25. The van der Waals surface area contributed by atoms with E-state index in [0.29, 0.717) is 22.4 Å². The number of rotatable bonds is 3. The van der Waals surface area contributed by atoms with Crippen LogP contribution in [0.2, 0.25) is 0 Å². The lowest BCUT2D eigenvalue weighted by atomic mass is 9.73. The second-order valence-electron chi connectivity index (χ2n) is 9.12. The number of amides is 2. The van der Waals surface area contributed by atoms with Gasteiger partial charge in [-0.15, -0.1) is 0 Å². The SMILES string of the molecule is Cc1ccc2c(c1)[C@@]1(C(=O)N2C)N(C)C[C@@H](c2ccco2)[C@@]12SC(=S)N(Cc1ccco1)C2=O. The second kappa shape index (κ2) is 7.31. The lowest BCUT2D eigenvalue weighted by molar-refractivity contribution is -0.139. The zero-order chi connectivity index (χ0) is 23.8. The lowest BCUT2D eigenvalue weighted by Gasteiger charge is -2.41. The lowest BCUT2D eigenvalue weighted by Crippen LogP contribution is -2.62. The van der Waals surface area contributed by atoms with E-state index >= 15 is 0 Å². The van der Waals surface area contributed by atoms with Gasteiger partial charge < -0.3 is 13.7 Å². The molecule has 3 aromatic rings. The summed E-state index contributed by atoms with van der Waals surface area (Å²) >= 11 is 7.10. The van der Waals surface area contributed by atoms with Crippen LogP contribution in [0.5, 0.6) is 0 Å². The smallest absolute Gasteiger partial charge is 0.254 e. The summed E-state index contributed by atoms with van der Waals surface area (Å²) < 4.78 is 10.6. The van der Waals surface area contributed by atoms with Gasteiger partial charge >= 0.3 is 0 Å². The Labute approximate surface area is 206 Å². The first kappa shape index (κ1) is 21.6. The second-order valence-corrected chi connectivity index (χ2v) is 11.0. The summed E-state index contributed by atoms with van der Waals surface area (Å²) in [6, 6.07) is 13.3. The molecule has 2 spiro atoms. The molecular formula is C25H23N3O4S2. The van der Waals surface area contributed by atoms with Crippen LogP contribution in [0.1, 0.15) is 28.6 Å². The largest absolute Gasteiger partial charge is 0.469 e. The molecule has 6 rings (SSSR count). The number of hydrogen-bond donors (Lipinski definition) is 0. The fraction of sp³-hybridized carbons (Fsp3) is 0.320. The maximum Gasteiger partial charge on any atom is 0.254 e. The molecule has 1 aromatic carbocycles. The number of furan rings is 2. The van der Waals surface area contributed by atoms with Crippen LogP contribution in [0.4, 0.5) is 5.69 Å². The molecule has 9 heteroatoms. The minimum atomic E-state index is -1.23. The van der Waals surface area contributed by atoms with Gasteiger partial charge in [0.15, 0.2) is 5.54 Å². The van der Waals surface area contributed by atoms with E-state index in [4.69, 9.17) is 21.1 Å². The zero-order valence-electron chi connectivity index (χ0n) is 19.0. The number of likely N-dealkylation sites (N-methyl/N-ethyl adjacent to an activating group) is 2. The van der Waals surface area contributed by atoms with Crippen molar-refractivity contribution in [1.29, 1.82) is 0 Å². The fourth-order valence-electron chi connectivity index (χ4n) is 5.95. The van der Waals surface area contributed by atoms with Crippen LogP contribution in [-0.2, 0) is 21.7 Å². The molecule has 0 radical (unpaired) electrons. The predicted molar refractivity (Wildman–Crippen MR) is 133 cm³/mol. The third-order valence-corrected chi connectivity index (χ3v) is 9.33. The van der Waals surface area contributed by atoms with E-state index < -0.39 is 10.3 Å². The molecule has 2 aromatic heterocycles. The highest BCUT2D eigenvalue weighted by Gasteiger charge is 2.79. The maximum absolute atomic E-state index is 14.6. The standard InChI is InChI=1S/C25H23N3O4S2/c1-15-8-9-19-17(12-15)24(21(29)27(19)3)25(18(14-26(24)2)20-7-5-11-32-20)22(30)28(23(33)34-25)13-16-6-4-10-31-16/h4-12,18H,13-14H2,1-3H3/t18-,24-,25-/m0/s1. The van der Waals surface area contributed by atoms with Crippen molar-refractivity contribution in [2.75, 3.05) is 25.5 Å². The van der Waals surface area contributed by atoms with Crippen LogP contribution in [0, 0.1) is 6.92 Å². The molecule has 174 valence electrons. The Morgan fingerprint density at radius 3 is 2.56 bits per heavy atom. The summed E-state index contributed by atoms with van der Waals surface area (Å²) in [6.45, 7) is 2.69. The van der Waals surface area contributed by atoms with E-state index in [-0.39, 0.29) is 24.3 Å². The van der Waals surface area contributed by atoms with Crippen LogP contribution in [-0.4, -0.2) is 51.3 Å². The number of aryl methyl sites for hydroxylation is 1. The number of carbonyl (C=O) groups is 2. The van der Waals surface area contributed by atoms with E-state index in [2.05, 4.69) is 0 Å². The van der Waals surface area contributed by atoms with Crippen LogP contribution in [0.15, 0.2) is 63.8 Å². The fourth-order valence-corrected chi connectivity index (χ4v) is 8.05. The van der Waals surface area contributed by atoms with Crippen molar-refractivity contribution in [3.63, 3.8) is 0 Å². The van der Waals surface area contributed by atoms with Crippen molar-refractivity contribution in [3.05, 3.63) is 77.6 Å². The summed E-state index contributed by atoms with van der Waals surface area (Å²) in [6.07, 6.45) is 3.19. The summed E-state index contributed by atoms with van der Waals surface area (Å²) in [5.41, 5.74) is 1.44. The van der Waals surface area contributed by atoms with Gasteiger partial charge in [-0.3, -0.25) is 19.4 Å². The van der Waals surface area contributed by atoms with Gasteiger partial charge in [-0.25, -0.2) is 0 Å². The van der Waals surface area contributed by atoms with E-state index in [0.717, 1.165) is 16.8 Å². The van der Waals surface area contributed by atoms with Gasteiger partial charge in [0, 0.05) is 24.8 Å². The highest BCUT2D eigenvalue weighted by Crippen LogP contribution is 2.66. The zero-order valence-corrected chi connectivity index (χ0v) is 20.6. The van der Waals surface area contributed by atoms with Gasteiger partial charge in [-0.1, -0.05) is 41.7 Å². The first-order chi connectivity index (χ1) is 16.3. The summed E-state index contributed by atoms with van der Waals surface area (Å²) in [5.74, 6) is 0.598. The quantitative estimate of drug-likeness (QED) is 0.513. The van der Waals surface area contributed by atoms with E-state index in [9.17, 15) is 9.59 Å². The Balaban J connectivity index is 1.61. The van der Waals surface area contributed by atoms with Gasteiger partial charge in [0.1, 0.15) is 20.6 Å². The molecule has 0 aliphatic carbocycles. The van der Waals surface area contributed by atoms with E-state index in [1.54, 1.807) is 35.4 Å². The number of carbonyl (C=O) groups excluding carboxylic acids is 2. The van der Waals surface area contributed by atoms with E-state index in [1.807, 2.05) is 55.3 Å². The van der Waals surface area contributed by atoms with Crippen molar-refractivity contribution in [2.45, 2.75) is 29.7 Å². The van der Waals surface area contributed by atoms with Gasteiger partial charge in [0.25, 0.3) is 5.91 Å². The first-order valence-electron chi connectivity index (χ1n) is 11.0. The average Bonchev–Trinajstić information content (AvgIpc) is 3.61. The van der Waals surface area contributed by atoms with Gasteiger partial charge in [0.05, 0.1) is 25.0 Å². The molecule has 3 atom stereocenters. The Morgan fingerprint density at radius 2 is 1.85 bits per heavy atom. The van der Waals surface area contributed by atoms with Crippen LogP contribution >= 0.6 is 24.0 Å². The number of thiocarbonyl (C=S) groups is 1. The van der Waals surface area contributed by atoms with Gasteiger partial charge in [0.2, 0.25) is 5.91 Å². The van der Waals surface area contributed by atoms with Gasteiger partial charge in [-0.05, 0) is 44.3 Å². The molecule has 0 N–H and O–H groups in total. The van der Waals surface area contributed by atoms with Crippen molar-refractivity contribution < 1.29 is 18.4 Å². The number of anilines is 1. The molecule has 0 saturated carbocycles. The Morgan fingerprint density at radius 1 is 1.09 bits per heavy atom.